The Bertz CT molecular complexity index is 1500. The topological polar surface area (TPSA) is 139 Å². The van der Waals surface area contributed by atoms with Crippen molar-refractivity contribution in [3.05, 3.63) is 98.6 Å². The summed E-state index contributed by atoms with van der Waals surface area (Å²) in [6.07, 6.45) is -0.410. The monoisotopic (exact) mass is 543 g/mol. The third kappa shape index (κ3) is 5.79. The lowest BCUT2D eigenvalue weighted by atomic mass is 9.61. The predicted octanol–water partition coefficient (Wildman–Crippen LogP) is 5.15. The van der Waals surface area contributed by atoms with Crippen molar-refractivity contribution in [1.29, 1.82) is 0 Å². The van der Waals surface area contributed by atoms with Crippen molar-refractivity contribution in [3.8, 4) is 0 Å². The van der Waals surface area contributed by atoms with E-state index in [2.05, 4.69) is 10.6 Å². The van der Waals surface area contributed by atoms with Crippen LogP contribution in [0, 0.1) is 49.6 Å². The van der Waals surface area contributed by atoms with Crippen molar-refractivity contribution in [3.63, 3.8) is 0 Å². The number of amides is 2. The zero-order valence-corrected chi connectivity index (χ0v) is 23.1. The number of nitro benzene ring substituents is 1. The minimum atomic E-state index is -1.79. The normalized spacial score (nSPS) is 22.4. The molecule has 0 aromatic heterocycles. The molecule has 0 radical (unpaired) electrons. The highest BCUT2D eigenvalue weighted by Crippen LogP contribution is 2.47. The fourth-order valence-electron chi connectivity index (χ4n) is 5.64. The van der Waals surface area contributed by atoms with E-state index in [0.717, 1.165) is 22.3 Å². The average molecular weight is 544 g/mol. The fraction of sp³-hybridized carbons (Fsp3) is 0.323. The lowest BCUT2D eigenvalue weighted by Gasteiger charge is -2.44. The largest absolute Gasteiger partial charge is 0.389 e. The van der Waals surface area contributed by atoms with Crippen LogP contribution in [-0.4, -0.2) is 33.2 Å². The first kappa shape index (κ1) is 28.6. The quantitative estimate of drug-likeness (QED) is 0.223. The summed E-state index contributed by atoms with van der Waals surface area (Å²) in [6.45, 7) is 8.95. The van der Waals surface area contributed by atoms with E-state index in [4.69, 9.17) is 0 Å². The van der Waals surface area contributed by atoms with Crippen molar-refractivity contribution in [2.75, 3.05) is 10.6 Å². The number of non-ortho nitro benzene ring substituents is 1. The highest BCUT2D eigenvalue weighted by molar-refractivity contribution is 6.10. The molecule has 4 rings (SSSR count). The van der Waals surface area contributed by atoms with Crippen molar-refractivity contribution < 1.29 is 24.4 Å². The molecule has 0 aliphatic heterocycles. The first-order valence-electron chi connectivity index (χ1n) is 13.0. The molecule has 208 valence electrons. The van der Waals surface area contributed by atoms with Crippen molar-refractivity contribution >= 4 is 34.7 Å². The molecule has 0 saturated heterocycles. The Morgan fingerprint density at radius 3 is 1.85 bits per heavy atom. The highest BCUT2D eigenvalue weighted by Gasteiger charge is 2.56. The summed E-state index contributed by atoms with van der Waals surface area (Å²) in [5.41, 5.74) is 3.11. The third-order valence-electron chi connectivity index (χ3n) is 7.60. The van der Waals surface area contributed by atoms with Crippen LogP contribution in [0.25, 0.3) is 0 Å². The Labute approximate surface area is 232 Å². The number of carbonyl (C=O) groups is 3. The van der Waals surface area contributed by atoms with Crippen LogP contribution in [0.1, 0.15) is 47.1 Å². The van der Waals surface area contributed by atoms with Gasteiger partial charge in [0.25, 0.3) is 5.69 Å². The van der Waals surface area contributed by atoms with E-state index in [-0.39, 0.29) is 5.69 Å². The summed E-state index contributed by atoms with van der Waals surface area (Å²) in [4.78, 5) is 51.9. The second-order valence-corrected chi connectivity index (χ2v) is 10.9. The summed E-state index contributed by atoms with van der Waals surface area (Å²) >= 11 is 0. The number of aryl methyl sites for hydroxylation is 4. The second kappa shape index (κ2) is 11.0. The average Bonchev–Trinajstić information content (AvgIpc) is 2.86. The number of nitrogens with one attached hydrogen (secondary N) is 2. The molecule has 9 heteroatoms. The Hall–Kier alpha value is -4.37. The lowest BCUT2D eigenvalue weighted by molar-refractivity contribution is -0.384. The van der Waals surface area contributed by atoms with Gasteiger partial charge >= 0.3 is 0 Å². The first-order chi connectivity index (χ1) is 18.8. The molecule has 40 heavy (non-hydrogen) atoms. The van der Waals surface area contributed by atoms with Crippen molar-refractivity contribution in [1.82, 2.24) is 0 Å². The van der Waals surface area contributed by atoms with Crippen LogP contribution in [0.2, 0.25) is 0 Å². The van der Waals surface area contributed by atoms with Crippen LogP contribution in [0.15, 0.2) is 60.7 Å². The molecular formula is C31H33N3O6. The van der Waals surface area contributed by atoms with Crippen LogP contribution in [-0.2, 0) is 14.4 Å². The van der Waals surface area contributed by atoms with Gasteiger partial charge in [-0.3, -0.25) is 24.5 Å². The molecular weight excluding hydrogens is 510 g/mol. The molecule has 0 heterocycles. The maximum atomic E-state index is 13.9. The summed E-state index contributed by atoms with van der Waals surface area (Å²) in [7, 11) is 0. The van der Waals surface area contributed by atoms with Crippen molar-refractivity contribution in [2.24, 2.45) is 11.8 Å². The zero-order chi connectivity index (χ0) is 29.4. The Kier molecular flexibility index (Phi) is 7.88. The Morgan fingerprint density at radius 1 is 0.875 bits per heavy atom. The van der Waals surface area contributed by atoms with Crippen LogP contribution < -0.4 is 10.6 Å². The number of benzene rings is 3. The van der Waals surface area contributed by atoms with Gasteiger partial charge in [-0.15, -0.1) is 0 Å². The van der Waals surface area contributed by atoms with Gasteiger partial charge in [0.1, 0.15) is 11.7 Å². The molecule has 0 unspecified atom stereocenters. The Balaban J connectivity index is 1.80. The van der Waals surface area contributed by atoms with Crippen LogP contribution in [0.5, 0.6) is 0 Å². The minimum Gasteiger partial charge on any atom is -0.389 e. The first-order valence-corrected chi connectivity index (χ1v) is 13.0. The van der Waals surface area contributed by atoms with E-state index in [0.29, 0.717) is 16.9 Å². The van der Waals surface area contributed by atoms with Crippen LogP contribution in [0.4, 0.5) is 17.1 Å². The van der Waals surface area contributed by atoms with Gasteiger partial charge in [0.2, 0.25) is 11.8 Å². The van der Waals surface area contributed by atoms with Gasteiger partial charge in [0, 0.05) is 35.8 Å². The molecule has 1 saturated carbocycles. The molecule has 4 atom stereocenters. The van der Waals surface area contributed by atoms with Gasteiger partial charge in [-0.05, 0) is 63.4 Å². The number of rotatable bonds is 6. The van der Waals surface area contributed by atoms with E-state index in [1.165, 1.54) is 31.2 Å². The summed E-state index contributed by atoms with van der Waals surface area (Å²) in [6, 6.07) is 16.4. The van der Waals surface area contributed by atoms with E-state index >= 15 is 0 Å². The van der Waals surface area contributed by atoms with E-state index in [1.807, 2.05) is 52.0 Å². The molecule has 3 aromatic rings. The SMILES string of the molecule is Cc1ccc(NC(=O)[C@@H]2C(=O)C[C@](C)(O)[C@@H](C(=O)Nc3ccc(C)cc3C)[C@H]2c2ccc([N+](=O)[O-])cc2)c(C)c1. The number of ketones is 1. The number of nitrogens with zero attached hydrogens (tertiary/aromatic N) is 1. The molecule has 3 N–H and O–H groups in total. The van der Waals surface area contributed by atoms with Gasteiger partial charge in [-0.25, -0.2) is 0 Å². The number of aliphatic hydroxyl groups is 1. The van der Waals surface area contributed by atoms with Gasteiger partial charge in [0.15, 0.2) is 0 Å². The molecule has 1 aliphatic carbocycles. The molecule has 1 aliphatic rings. The number of nitro groups is 1. The molecule has 1 fully saturated rings. The molecule has 2 amide bonds. The predicted molar refractivity (Wildman–Crippen MR) is 152 cm³/mol. The van der Waals surface area contributed by atoms with Gasteiger partial charge in [0.05, 0.1) is 16.4 Å². The molecule has 0 spiro atoms. The second-order valence-electron chi connectivity index (χ2n) is 10.9. The number of hydrogen-bond acceptors (Lipinski definition) is 6. The van der Waals surface area contributed by atoms with E-state index in [1.54, 1.807) is 12.1 Å². The number of carbonyl (C=O) groups excluding carboxylic acids is 3. The van der Waals surface area contributed by atoms with Crippen molar-refractivity contribution in [2.45, 2.75) is 52.6 Å². The minimum absolute atomic E-state index is 0.176. The van der Waals surface area contributed by atoms with Crippen LogP contribution in [0.3, 0.4) is 0 Å². The maximum absolute atomic E-state index is 13.9. The fourth-order valence-corrected chi connectivity index (χ4v) is 5.64. The third-order valence-corrected chi connectivity index (χ3v) is 7.60. The van der Waals surface area contributed by atoms with Gasteiger partial charge in [-0.2, -0.15) is 0 Å². The maximum Gasteiger partial charge on any atom is 0.269 e. The molecule has 9 nitrogen and oxygen atoms in total. The standard InChI is InChI=1S/C31H33N3O6/c1-17-6-12-23(19(3)14-17)32-29(36)27-25(35)16-31(5,38)28(26(27)21-8-10-22(11-9-21)34(39)40)30(37)33-24-13-7-18(2)15-20(24)4/h6-15,26-28,38H,16H2,1-5H3,(H,32,36)(H,33,37)/t26-,27+,28+,31-/m0/s1. The number of hydrogen-bond donors (Lipinski definition) is 3. The summed E-state index contributed by atoms with van der Waals surface area (Å²) in [5, 5.41) is 28.5. The van der Waals surface area contributed by atoms with Gasteiger partial charge < -0.3 is 15.7 Å². The number of anilines is 2. The Morgan fingerprint density at radius 2 is 1.38 bits per heavy atom. The smallest absolute Gasteiger partial charge is 0.269 e. The van der Waals surface area contributed by atoms with E-state index in [9.17, 15) is 29.6 Å². The number of Topliss-reactive ketones (excluding diaryl/α,β-unsaturated/α-hetero) is 1. The molecule has 3 aromatic carbocycles. The lowest BCUT2D eigenvalue weighted by Crippen LogP contribution is -2.56. The van der Waals surface area contributed by atoms with E-state index < -0.39 is 52.3 Å². The molecule has 0 bridgehead atoms. The van der Waals surface area contributed by atoms with Gasteiger partial charge in [-0.1, -0.05) is 47.5 Å². The zero-order valence-electron chi connectivity index (χ0n) is 23.1. The summed E-state index contributed by atoms with van der Waals surface area (Å²) < 4.78 is 0. The van der Waals surface area contributed by atoms with Crippen LogP contribution >= 0.6 is 0 Å². The summed E-state index contributed by atoms with van der Waals surface area (Å²) in [5.74, 6) is -5.32. The highest BCUT2D eigenvalue weighted by atomic mass is 16.6.